The molecule has 0 saturated heterocycles. The molecule has 1 unspecified atom stereocenters. The Hall–Kier alpha value is -0.770. The summed E-state index contributed by atoms with van der Waals surface area (Å²) in [7, 11) is 1.63. The summed E-state index contributed by atoms with van der Waals surface area (Å²) >= 11 is 6.11. The quantitative estimate of drug-likeness (QED) is 0.815. The topological polar surface area (TPSA) is 44.5 Å². The molecule has 4 heteroatoms. The van der Waals surface area contributed by atoms with E-state index in [0.717, 1.165) is 18.4 Å². The average molecular weight is 312 g/mol. The van der Waals surface area contributed by atoms with E-state index < -0.39 is 0 Å². The summed E-state index contributed by atoms with van der Waals surface area (Å²) in [6, 6.07) is 5.63. The van der Waals surface area contributed by atoms with Crippen molar-refractivity contribution in [1.82, 2.24) is 0 Å². The first-order valence-corrected chi connectivity index (χ1v) is 8.24. The van der Waals surface area contributed by atoms with Crippen LogP contribution in [0.5, 0.6) is 5.75 Å². The first-order chi connectivity index (χ1) is 10.1. The molecule has 21 heavy (non-hydrogen) atoms. The molecule has 1 aromatic rings. The molecule has 0 aromatic heterocycles. The maximum atomic E-state index is 6.61. The van der Waals surface area contributed by atoms with Crippen LogP contribution in [-0.4, -0.2) is 19.3 Å². The molecule has 2 N–H and O–H groups in total. The third-order valence-corrected chi connectivity index (χ3v) is 4.80. The Kier molecular flexibility index (Phi) is 5.91. The van der Waals surface area contributed by atoms with E-state index in [1.54, 1.807) is 7.11 Å². The van der Waals surface area contributed by atoms with Crippen molar-refractivity contribution in [2.75, 3.05) is 13.7 Å². The maximum absolute atomic E-state index is 6.61. The molecular weight excluding hydrogens is 286 g/mol. The molecule has 0 amide bonds. The Labute approximate surface area is 132 Å². The zero-order valence-electron chi connectivity index (χ0n) is 13.0. The van der Waals surface area contributed by atoms with Gasteiger partial charge in [-0.25, -0.2) is 0 Å². The molecule has 1 fully saturated rings. The standard InChI is InChI=1S/C17H26ClNO2/c1-3-21-17(10-6-4-5-7-11-17)16(19)13-8-9-14(18)15(12-13)20-2/h8-9,12,16H,3-7,10-11,19H2,1-2H3. The molecule has 0 radical (unpaired) electrons. The molecule has 118 valence electrons. The summed E-state index contributed by atoms with van der Waals surface area (Å²) in [5, 5.41) is 0.611. The van der Waals surface area contributed by atoms with E-state index in [1.807, 2.05) is 25.1 Å². The van der Waals surface area contributed by atoms with Crippen LogP contribution in [-0.2, 0) is 4.74 Å². The van der Waals surface area contributed by atoms with E-state index >= 15 is 0 Å². The van der Waals surface area contributed by atoms with Gasteiger partial charge < -0.3 is 15.2 Å². The molecule has 0 aliphatic heterocycles. The lowest BCUT2D eigenvalue weighted by molar-refractivity contribution is -0.0696. The molecule has 0 heterocycles. The number of hydrogen-bond acceptors (Lipinski definition) is 3. The van der Waals surface area contributed by atoms with Gasteiger partial charge >= 0.3 is 0 Å². The number of hydrogen-bond donors (Lipinski definition) is 1. The second kappa shape index (κ2) is 7.48. The van der Waals surface area contributed by atoms with Crippen molar-refractivity contribution in [2.24, 2.45) is 5.73 Å². The minimum atomic E-state index is -0.260. The number of ether oxygens (including phenoxy) is 2. The van der Waals surface area contributed by atoms with Gasteiger partial charge in [-0.2, -0.15) is 0 Å². The highest BCUT2D eigenvalue weighted by Crippen LogP contribution is 2.40. The second-order valence-electron chi connectivity index (χ2n) is 5.78. The summed E-state index contributed by atoms with van der Waals surface area (Å²) in [4.78, 5) is 0. The van der Waals surface area contributed by atoms with Crippen LogP contribution < -0.4 is 10.5 Å². The van der Waals surface area contributed by atoms with Gasteiger partial charge in [0.15, 0.2) is 0 Å². The lowest BCUT2D eigenvalue weighted by Crippen LogP contribution is -2.43. The van der Waals surface area contributed by atoms with E-state index in [-0.39, 0.29) is 11.6 Å². The number of nitrogens with two attached hydrogens (primary N) is 1. The normalized spacial score (nSPS) is 19.8. The molecule has 0 spiro atoms. The Morgan fingerprint density at radius 1 is 1.24 bits per heavy atom. The summed E-state index contributed by atoms with van der Waals surface area (Å²) in [5.74, 6) is 0.671. The van der Waals surface area contributed by atoms with Crippen molar-refractivity contribution in [3.63, 3.8) is 0 Å². The summed E-state index contributed by atoms with van der Waals surface area (Å²) < 4.78 is 11.5. The van der Waals surface area contributed by atoms with Gasteiger partial charge in [0, 0.05) is 6.61 Å². The Morgan fingerprint density at radius 3 is 2.48 bits per heavy atom. The average Bonchev–Trinajstić information content (AvgIpc) is 2.74. The largest absolute Gasteiger partial charge is 0.495 e. The summed E-state index contributed by atoms with van der Waals surface area (Å²) in [6.07, 6.45) is 6.94. The minimum absolute atomic E-state index is 0.151. The Balaban J connectivity index is 2.30. The number of rotatable bonds is 5. The highest BCUT2D eigenvalue weighted by molar-refractivity contribution is 6.32. The fourth-order valence-corrected chi connectivity index (χ4v) is 3.53. The highest BCUT2D eigenvalue weighted by Gasteiger charge is 2.38. The molecular formula is C17H26ClNO2. The lowest BCUT2D eigenvalue weighted by atomic mass is 9.82. The SMILES string of the molecule is CCOC1(C(N)c2ccc(Cl)c(OC)c2)CCCCCC1. The van der Waals surface area contributed by atoms with E-state index in [0.29, 0.717) is 17.4 Å². The van der Waals surface area contributed by atoms with Crippen LogP contribution in [0.15, 0.2) is 18.2 Å². The number of halogens is 1. The van der Waals surface area contributed by atoms with Crippen LogP contribution in [0, 0.1) is 0 Å². The van der Waals surface area contributed by atoms with Gasteiger partial charge in [0.2, 0.25) is 0 Å². The van der Waals surface area contributed by atoms with Crippen LogP contribution in [0.2, 0.25) is 5.02 Å². The first kappa shape index (κ1) is 16.6. The minimum Gasteiger partial charge on any atom is -0.495 e. The van der Waals surface area contributed by atoms with Gasteiger partial charge in [-0.1, -0.05) is 43.4 Å². The fraction of sp³-hybridized carbons (Fsp3) is 0.647. The van der Waals surface area contributed by atoms with E-state index in [9.17, 15) is 0 Å². The van der Waals surface area contributed by atoms with Crippen molar-refractivity contribution in [1.29, 1.82) is 0 Å². The molecule has 0 bridgehead atoms. The van der Waals surface area contributed by atoms with Gasteiger partial charge in [0.25, 0.3) is 0 Å². The van der Waals surface area contributed by atoms with Crippen LogP contribution >= 0.6 is 11.6 Å². The van der Waals surface area contributed by atoms with Gasteiger partial charge in [-0.05, 0) is 37.5 Å². The molecule has 2 rings (SSSR count). The molecule has 3 nitrogen and oxygen atoms in total. The lowest BCUT2D eigenvalue weighted by Gasteiger charge is -2.38. The van der Waals surface area contributed by atoms with E-state index in [1.165, 1.54) is 25.7 Å². The predicted molar refractivity (Wildman–Crippen MR) is 87.0 cm³/mol. The molecule has 1 saturated carbocycles. The molecule has 1 aliphatic rings. The zero-order chi connectivity index (χ0) is 15.3. The van der Waals surface area contributed by atoms with Gasteiger partial charge in [0.05, 0.1) is 23.8 Å². The monoisotopic (exact) mass is 311 g/mol. The predicted octanol–water partition coefficient (Wildman–Crippen LogP) is 4.48. The second-order valence-corrected chi connectivity index (χ2v) is 6.19. The van der Waals surface area contributed by atoms with Crippen molar-refractivity contribution in [3.8, 4) is 5.75 Å². The number of benzene rings is 1. The van der Waals surface area contributed by atoms with Crippen LogP contribution in [0.4, 0.5) is 0 Å². The number of methoxy groups -OCH3 is 1. The van der Waals surface area contributed by atoms with E-state index in [2.05, 4.69) is 0 Å². The Morgan fingerprint density at radius 2 is 1.90 bits per heavy atom. The fourth-order valence-electron chi connectivity index (χ4n) is 3.33. The van der Waals surface area contributed by atoms with Crippen LogP contribution in [0.25, 0.3) is 0 Å². The third kappa shape index (κ3) is 3.71. The van der Waals surface area contributed by atoms with Crippen molar-refractivity contribution in [2.45, 2.75) is 57.1 Å². The summed E-state index contributed by atoms with van der Waals surface area (Å²) in [6.45, 7) is 2.74. The van der Waals surface area contributed by atoms with Crippen molar-refractivity contribution in [3.05, 3.63) is 28.8 Å². The van der Waals surface area contributed by atoms with Gasteiger partial charge in [-0.3, -0.25) is 0 Å². The summed E-state index contributed by atoms with van der Waals surface area (Å²) in [5.41, 5.74) is 7.38. The molecule has 1 aliphatic carbocycles. The van der Waals surface area contributed by atoms with Gasteiger partial charge in [0.1, 0.15) is 5.75 Å². The third-order valence-electron chi connectivity index (χ3n) is 4.48. The smallest absolute Gasteiger partial charge is 0.137 e. The Bertz CT molecular complexity index is 456. The van der Waals surface area contributed by atoms with Crippen molar-refractivity contribution < 1.29 is 9.47 Å². The zero-order valence-corrected chi connectivity index (χ0v) is 13.8. The van der Waals surface area contributed by atoms with E-state index in [4.69, 9.17) is 26.8 Å². The van der Waals surface area contributed by atoms with Crippen LogP contribution in [0.3, 0.4) is 0 Å². The van der Waals surface area contributed by atoms with Gasteiger partial charge in [-0.15, -0.1) is 0 Å². The molecule has 1 atom stereocenters. The maximum Gasteiger partial charge on any atom is 0.137 e. The van der Waals surface area contributed by atoms with Crippen LogP contribution in [0.1, 0.15) is 57.1 Å². The molecule has 1 aromatic carbocycles. The highest BCUT2D eigenvalue weighted by atomic mass is 35.5. The van der Waals surface area contributed by atoms with Crippen molar-refractivity contribution >= 4 is 11.6 Å². The first-order valence-electron chi connectivity index (χ1n) is 7.86.